The summed E-state index contributed by atoms with van der Waals surface area (Å²) >= 11 is 0. The number of carbonyl (C=O) groups excluding carboxylic acids is 1. The van der Waals surface area contributed by atoms with Crippen molar-refractivity contribution >= 4 is 11.9 Å². The van der Waals surface area contributed by atoms with E-state index in [-0.39, 0.29) is 5.91 Å². The Morgan fingerprint density at radius 1 is 1.52 bits per heavy atom. The van der Waals surface area contributed by atoms with Gasteiger partial charge < -0.3 is 14.7 Å². The number of hydrogen-bond acceptors (Lipinski definition) is 4. The zero-order valence-electron chi connectivity index (χ0n) is 11.2. The monoisotopic (exact) mass is 286 g/mol. The van der Waals surface area contributed by atoms with Gasteiger partial charge in [-0.1, -0.05) is 18.2 Å². The predicted molar refractivity (Wildman–Crippen MR) is 71.0 cm³/mol. The first kappa shape index (κ1) is 12.5. The quantitative estimate of drug-likeness (QED) is 0.816. The van der Waals surface area contributed by atoms with Crippen LogP contribution in [0.1, 0.15) is 5.69 Å². The van der Waals surface area contributed by atoms with E-state index in [1.807, 2.05) is 24.3 Å². The Morgan fingerprint density at radius 3 is 3.10 bits per heavy atom. The average Bonchev–Trinajstić information content (AvgIpc) is 3.09. The molecule has 0 unspecified atom stereocenters. The van der Waals surface area contributed by atoms with Gasteiger partial charge in [-0.2, -0.15) is 0 Å². The molecule has 4 atom stereocenters. The summed E-state index contributed by atoms with van der Waals surface area (Å²) in [6, 6.07) is 5.53. The van der Waals surface area contributed by atoms with E-state index in [2.05, 4.69) is 4.98 Å². The Hall–Kier alpha value is -2.21. The summed E-state index contributed by atoms with van der Waals surface area (Å²) in [6.07, 6.45) is 4.83. The smallest absolute Gasteiger partial charge is 0.310 e. The van der Waals surface area contributed by atoms with Gasteiger partial charge in [0.25, 0.3) is 0 Å². The fourth-order valence-corrected chi connectivity index (χ4v) is 3.68. The molecule has 1 N–H and O–H groups in total. The van der Waals surface area contributed by atoms with Crippen LogP contribution in [0.25, 0.3) is 0 Å². The minimum atomic E-state index is -0.968. The lowest BCUT2D eigenvalue weighted by Gasteiger charge is -2.21. The molecule has 4 heterocycles. The van der Waals surface area contributed by atoms with Gasteiger partial charge in [0.05, 0.1) is 30.8 Å². The van der Waals surface area contributed by atoms with Gasteiger partial charge in [-0.25, -0.2) is 0 Å². The molecular formula is C15H14N2O4. The summed E-state index contributed by atoms with van der Waals surface area (Å²) in [6.45, 7) is 0.774. The summed E-state index contributed by atoms with van der Waals surface area (Å²) < 4.78 is 5.82. The molecule has 2 saturated heterocycles. The zero-order chi connectivity index (χ0) is 14.6. The van der Waals surface area contributed by atoms with Crippen LogP contribution in [-0.2, 0) is 20.9 Å². The second kappa shape index (κ2) is 4.14. The van der Waals surface area contributed by atoms with Gasteiger partial charge in [0.2, 0.25) is 5.91 Å². The van der Waals surface area contributed by atoms with E-state index in [0.717, 1.165) is 5.69 Å². The number of aromatic nitrogens is 1. The molecule has 21 heavy (non-hydrogen) atoms. The normalized spacial score (nSPS) is 36.3. The van der Waals surface area contributed by atoms with Crippen LogP contribution in [0.4, 0.5) is 0 Å². The van der Waals surface area contributed by atoms with Crippen molar-refractivity contribution < 1.29 is 19.4 Å². The van der Waals surface area contributed by atoms with E-state index in [0.29, 0.717) is 13.1 Å². The Bertz CT molecular complexity index is 644. The average molecular weight is 286 g/mol. The van der Waals surface area contributed by atoms with E-state index in [1.54, 1.807) is 17.2 Å². The van der Waals surface area contributed by atoms with Gasteiger partial charge in [0.15, 0.2) is 0 Å². The SMILES string of the molecule is O=C(O)[C@H]1[C@@H]2C=C[C@@]3(CN(Cc4ccccn4)C(=O)[C@@H]13)O2. The van der Waals surface area contributed by atoms with Crippen molar-refractivity contribution in [3.8, 4) is 0 Å². The van der Waals surface area contributed by atoms with Crippen molar-refractivity contribution in [2.24, 2.45) is 11.8 Å². The molecule has 0 aliphatic carbocycles. The standard InChI is InChI=1S/C15H14N2O4/c18-13-12-11(14(19)20)10-4-5-15(12,21-10)8-17(13)7-9-3-1-2-6-16-9/h1-6,10-12H,7-8H2,(H,19,20)/t10-,11-,12+,15-/m0/s1. The summed E-state index contributed by atoms with van der Waals surface area (Å²) in [5, 5.41) is 9.38. The fraction of sp³-hybridized carbons (Fsp3) is 0.400. The molecule has 3 aliphatic rings. The number of pyridine rings is 1. The van der Waals surface area contributed by atoms with Crippen molar-refractivity contribution in [3.63, 3.8) is 0 Å². The highest BCUT2D eigenvalue weighted by Gasteiger charge is 2.66. The van der Waals surface area contributed by atoms with Crippen molar-refractivity contribution in [1.82, 2.24) is 9.88 Å². The number of likely N-dealkylation sites (tertiary alicyclic amines) is 1. The zero-order valence-corrected chi connectivity index (χ0v) is 11.2. The molecule has 6 heteroatoms. The number of carboxylic acid groups (broad SMARTS) is 1. The second-order valence-electron chi connectivity index (χ2n) is 5.75. The number of carboxylic acids is 1. The number of rotatable bonds is 3. The topological polar surface area (TPSA) is 79.7 Å². The second-order valence-corrected chi connectivity index (χ2v) is 5.75. The first-order valence-corrected chi connectivity index (χ1v) is 6.89. The Labute approximate surface area is 121 Å². The molecule has 4 rings (SSSR count). The van der Waals surface area contributed by atoms with Crippen LogP contribution in [0.15, 0.2) is 36.5 Å². The summed E-state index contributed by atoms with van der Waals surface area (Å²) in [7, 11) is 0. The summed E-state index contributed by atoms with van der Waals surface area (Å²) in [5.74, 6) is -2.52. The van der Waals surface area contributed by atoms with Crippen molar-refractivity contribution in [3.05, 3.63) is 42.2 Å². The third-order valence-corrected chi connectivity index (χ3v) is 4.54. The van der Waals surface area contributed by atoms with Crippen LogP contribution < -0.4 is 0 Å². The Kier molecular flexibility index (Phi) is 2.47. The van der Waals surface area contributed by atoms with Crippen LogP contribution in [0.2, 0.25) is 0 Å². The van der Waals surface area contributed by atoms with Crippen LogP contribution in [0.5, 0.6) is 0 Å². The number of amides is 1. The molecule has 0 radical (unpaired) electrons. The van der Waals surface area contributed by atoms with E-state index >= 15 is 0 Å². The third-order valence-electron chi connectivity index (χ3n) is 4.54. The fourth-order valence-electron chi connectivity index (χ4n) is 3.68. The number of aliphatic carboxylic acids is 1. The van der Waals surface area contributed by atoms with Crippen molar-refractivity contribution in [2.75, 3.05) is 6.54 Å². The molecule has 2 bridgehead atoms. The first-order chi connectivity index (χ1) is 10.1. The van der Waals surface area contributed by atoms with E-state index < -0.39 is 29.5 Å². The largest absolute Gasteiger partial charge is 0.481 e. The number of ether oxygens (including phenoxy) is 1. The molecule has 0 saturated carbocycles. The number of fused-ring (bicyclic) bond motifs is 1. The minimum absolute atomic E-state index is 0.153. The molecular weight excluding hydrogens is 272 g/mol. The molecule has 1 spiro atoms. The molecule has 1 aromatic rings. The number of hydrogen-bond donors (Lipinski definition) is 1. The van der Waals surface area contributed by atoms with Crippen molar-refractivity contribution in [2.45, 2.75) is 18.2 Å². The minimum Gasteiger partial charge on any atom is -0.481 e. The summed E-state index contributed by atoms with van der Waals surface area (Å²) in [4.78, 5) is 29.9. The Balaban J connectivity index is 1.63. The van der Waals surface area contributed by atoms with E-state index in [1.165, 1.54) is 0 Å². The molecule has 1 amide bonds. The molecule has 108 valence electrons. The lowest BCUT2D eigenvalue weighted by atomic mass is 9.77. The van der Waals surface area contributed by atoms with Crippen LogP contribution >= 0.6 is 0 Å². The van der Waals surface area contributed by atoms with Crippen LogP contribution in [0.3, 0.4) is 0 Å². The molecule has 2 fully saturated rings. The highest BCUT2D eigenvalue weighted by Crippen LogP contribution is 2.51. The maximum Gasteiger partial charge on any atom is 0.310 e. The van der Waals surface area contributed by atoms with Crippen LogP contribution in [-0.4, -0.2) is 45.1 Å². The number of carbonyl (C=O) groups is 2. The van der Waals surface area contributed by atoms with Gasteiger partial charge in [-0.15, -0.1) is 0 Å². The van der Waals surface area contributed by atoms with Gasteiger partial charge >= 0.3 is 5.97 Å². The predicted octanol–water partition coefficient (Wildman–Crippen LogP) is 0.448. The molecule has 1 aromatic heterocycles. The van der Waals surface area contributed by atoms with Crippen LogP contribution in [0, 0.1) is 11.8 Å². The van der Waals surface area contributed by atoms with Gasteiger partial charge in [0, 0.05) is 6.20 Å². The van der Waals surface area contributed by atoms with E-state index in [9.17, 15) is 14.7 Å². The number of nitrogens with zero attached hydrogens (tertiary/aromatic N) is 2. The third kappa shape index (κ3) is 1.65. The highest BCUT2D eigenvalue weighted by molar-refractivity contribution is 5.90. The lowest BCUT2D eigenvalue weighted by molar-refractivity contribution is -0.148. The van der Waals surface area contributed by atoms with E-state index in [4.69, 9.17) is 4.74 Å². The molecule has 6 nitrogen and oxygen atoms in total. The van der Waals surface area contributed by atoms with Gasteiger partial charge in [-0.05, 0) is 12.1 Å². The molecule has 3 aliphatic heterocycles. The maximum absolute atomic E-state index is 12.6. The first-order valence-electron chi connectivity index (χ1n) is 6.89. The molecule has 0 aromatic carbocycles. The Morgan fingerprint density at radius 2 is 2.38 bits per heavy atom. The van der Waals surface area contributed by atoms with Crippen molar-refractivity contribution in [1.29, 1.82) is 0 Å². The lowest BCUT2D eigenvalue weighted by Crippen LogP contribution is -2.39. The summed E-state index contributed by atoms with van der Waals surface area (Å²) in [5.41, 5.74) is 0.0205. The maximum atomic E-state index is 12.6. The highest BCUT2D eigenvalue weighted by atomic mass is 16.5. The van der Waals surface area contributed by atoms with Gasteiger partial charge in [0.1, 0.15) is 11.5 Å². The van der Waals surface area contributed by atoms with Gasteiger partial charge in [-0.3, -0.25) is 14.6 Å².